The first-order valence-corrected chi connectivity index (χ1v) is 7.21. The third-order valence-corrected chi connectivity index (χ3v) is 3.80. The molecule has 1 aromatic heterocycles. The Hall–Kier alpha value is -1.65. The molecule has 2 rings (SSSR count). The zero-order valence-corrected chi connectivity index (χ0v) is 12.0. The summed E-state index contributed by atoms with van der Waals surface area (Å²) in [7, 11) is 1.64. The average Bonchev–Trinajstić information content (AvgIpc) is 2.98. The van der Waals surface area contributed by atoms with Crippen molar-refractivity contribution in [2.45, 2.75) is 19.5 Å². The zero-order valence-electron chi connectivity index (χ0n) is 11.1. The van der Waals surface area contributed by atoms with Gasteiger partial charge in [-0.3, -0.25) is 4.79 Å². The highest BCUT2D eigenvalue weighted by atomic mass is 32.1. The quantitative estimate of drug-likeness (QED) is 0.880. The first-order valence-electron chi connectivity index (χ1n) is 6.27. The molecule has 100 valence electrons. The summed E-state index contributed by atoms with van der Waals surface area (Å²) in [6, 6.07) is 10.1. The highest BCUT2D eigenvalue weighted by molar-refractivity contribution is 7.07. The number of hydrogen-bond acceptors (Lipinski definition) is 3. The third-order valence-electron chi connectivity index (χ3n) is 3.10. The standard InChI is InChI=1S/C15H18N2OS/c1-11(14-7-8-19-10-14)17-9-12-3-5-13(6-4-12)15(18)16-2/h3-8,10-11,17H,9H2,1-2H3,(H,16,18). The topological polar surface area (TPSA) is 41.1 Å². The van der Waals surface area contributed by atoms with Crippen molar-refractivity contribution in [3.05, 3.63) is 57.8 Å². The number of carbonyl (C=O) groups excluding carboxylic acids is 1. The van der Waals surface area contributed by atoms with Crippen molar-refractivity contribution in [1.29, 1.82) is 0 Å². The van der Waals surface area contributed by atoms with Gasteiger partial charge < -0.3 is 10.6 Å². The summed E-state index contributed by atoms with van der Waals surface area (Å²) in [5.41, 5.74) is 3.18. The van der Waals surface area contributed by atoms with Crippen molar-refractivity contribution in [2.24, 2.45) is 0 Å². The van der Waals surface area contributed by atoms with Crippen LogP contribution < -0.4 is 10.6 Å². The van der Waals surface area contributed by atoms with Gasteiger partial charge in [-0.1, -0.05) is 12.1 Å². The largest absolute Gasteiger partial charge is 0.355 e. The van der Waals surface area contributed by atoms with E-state index in [0.717, 1.165) is 6.54 Å². The number of amides is 1. The second kappa shape index (κ2) is 6.50. The molecule has 0 saturated carbocycles. The van der Waals surface area contributed by atoms with Crippen LogP contribution in [0.1, 0.15) is 34.5 Å². The maximum Gasteiger partial charge on any atom is 0.251 e. The predicted octanol–water partition coefficient (Wildman–Crippen LogP) is 2.96. The van der Waals surface area contributed by atoms with Crippen LogP contribution in [0.3, 0.4) is 0 Å². The fourth-order valence-corrected chi connectivity index (χ4v) is 2.58. The van der Waals surface area contributed by atoms with Gasteiger partial charge in [0.15, 0.2) is 0 Å². The van der Waals surface area contributed by atoms with Crippen LogP contribution in [0.4, 0.5) is 0 Å². The lowest BCUT2D eigenvalue weighted by atomic mass is 10.1. The van der Waals surface area contributed by atoms with Gasteiger partial charge in [-0.05, 0) is 47.0 Å². The maximum absolute atomic E-state index is 11.4. The number of benzene rings is 1. The van der Waals surface area contributed by atoms with Crippen LogP contribution in [-0.2, 0) is 6.54 Å². The van der Waals surface area contributed by atoms with Crippen LogP contribution in [0, 0.1) is 0 Å². The van der Waals surface area contributed by atoms with Gasteiger partial charge in [0.05, 0.1) is 0 Å². The van der Waals surface area contributed by atoms with Crippen molar-refractivity contribution < 1.29 is 4.79 Å². The molecule has 2 N–H and O–H groups in total. The summed E-state index contributed by atoms with van der Waals surface area (Å²) in [6.07, 6.45) is 0. The predicted molar refractivity (Wildman–Crippen MR) is 79.4 cm³/mol. The molecule has 0 saturated heterocycles. The fraction of sp³-hybridized carbons (Fsp3) is 0.267. The van der Waals surface area contributed by atoms with Crippen LogP contribution >= 0.6 is 11.3 Å². The number of rotatable bonds is 5. The lowest BCUT2D eigenvalue weighted by molar-refractivity contribution is 0.0963. The zero-order chi connectivity index (χ0) is 13.7. The van der Waals surface area contributed by atoms with Gasteiger partial charge >= 0.3 is 0 Å². The molecule has 0 fully saturated rings. The van der Waals surface area contributed by atoms with E-state index in [1.165, 1.54) is 11.1 Å². The SMILES string of the molecule is CNC(=O)c1ccc(CNC(C)c2ccsc2)cc1. The second-order valence-corrected chi connectivity index (χ2v) is 5.22. The molecule has 0 bridgehead atoms. The van der Waals surface area contributed by atoms with Crippen LogP contribution in [-0.4, -0.2) is 13.0 Å². The average molecular weight is 274 g/mol. The molecule has 1 aromatic carbocycles. The molecule has 4 heteroatoms. The van der Waals surface area contributed by atoms with Gasteiger partial charge in [-0.25, -0.2) is 0 Å². The Balaban J connectivity index is 1.91. The summed E-state index contributed by atoms with van der Waals surface area (Å²) in [4.78, 5) is 11.4. The van der Waals surface area contributed by atoms with Gasteiger partial charge in [0.25, 0.3) is 5.91 Å². The highest BCUT2D eigenvalue weighted by Gasteiger charge is 2.06. The molecule has 1 amide bonds. The van der Waals surface area contributed by atoms with Gasteiger partial charge in [0.1, 0.15) is 0 Å². The maximum atomic E-state index is 11.4. The van der Waals surface area contributed by atoms with Crippen molar-refractivity contribution in [3.63, 3.8) is 0 Å². The molecule has 1 unspecified atom stereocenters. The molecule has 1 atom stereocenters. The smallest absolute Gasteiger partial charge is 0.251 e. The monoisotopic (exact) mass is 274 g/mol. The third kappa shape index (κ3) is 3.66. The Kier molecular flexibility index (Phi) is 4.71. The van der Waals surface area contributed by atoms with E-state index >= 15 is 0 Å². The van der Waals surface area contributed by atoms with Crippen LogP contribution in [0.15, 0.2) is 41.1 Å². The minimum Gasteiger partial charge on any atom is -0.355 e. The molecule has 3 nitrogen and oxygen atoms in total. The number of thiophene rings is 1. The lowest BCUT2D eigenvalue weighted by Crippen LogP contribution is -2.19. The molecule has 0 aliphatic heterocycles. The molecule has 0 radical (unpaired) electrons. The van der Waals surface area contributed by atoms with E-state index in [9.17, 15) is 4.79 Å². The minimum atomic E-state index is -0.0499. The molecule has 2 aromatic rings. The van der Waals surface area contributed by atoms with Gasteiger partial charge in [0.2, 0.25) is 0 Å². The van der Waals surface area contributed by atoms with E-state index in [4.69, 9.17) is 0 Å². The Morgan fingerprint density at radius 2 is 2.00 bits per heavy atom. The molecule has 0 aliphatic rings. The van der Waals surface area contributed by atoms with Crippen molar-refractivity contribution in [1.82, 2.24) is 10.6 Å². The summed E-state index contributed by atoms with van der Waals surface area (Å²) in [6.45, 7) is 2.95. The number of carbonyl (C=O) groups is 1. The van der Waals surface area contributed by atoms with E-state index in [-0.39, 0.29) is 5.91 Å². The number of nitrogens with one attached hydrogen (secondary N) is 2. The number of hydrogen-bond donors (Lipinski definition) is 2. The summed E-state index contributed by atoms with van der Waals surface area (Å²) >= 11 is 1.71. The van der Waals surface area contributed by atoms with E-state index in [1.54, 1.807) is 18.4 Å². The van der Waals surface area contributed by atoms with Crippen LogP contribution in [0.5, 0.6) is 0 Å². The van der Waals surface area contributed by atoms with E-state index < -0.39 is 0 Å². The summed E-state index contributed by atoms with van der Waals surface area (Å²) in [5.74, 6) is -0.0499. The van der Waals surface area contributed by atoms with Crippen molar-refractivity contribution in [3.8, 4) is 0 Å². The highest BCUT2D eigenvalue weighted by Crippen LogP contribution is 2.16. The van der Waals surface area contributed by atoms with E-state index in [1.807, 2.05) is 24.3 Å². The Labute approximate surface area is 117 Å². The van der Waals surface area contributed by atoms with Crippen molar-refractivity contribution >= 4 is 17.2 Å². The fourth-order valence-electron chi connectivity index (χ4n) is 1.83. The molecule has 0 aliphatic carbocycles. The molecule has 0 spiro atoms. The Bertz CT molecular complexity index is 520. The Morgan fingerprint density at radius 1 is 1.26 bits per heavy atom. The normalized spacial score (nSPS) is 12.1. The van der Waals surface area contributed by atoms with Crippen LogP contribution in [0.2, 0.25) is 0 Å². The molecule has 19 heavy (non-hydrogen) atoms. The molecular weight excluding hydrogens is 256 g/mol. The Morgan fingerprint density at radius 3 is 2.58 bits per heavy atom. The first-order chi connectivity index (χ1) is 9.20. The van der Waals surface area contributed by atoms with E-state index in [2.05, 4.69) is 34.4 Å². The summed E-state index contributed by atoms with van der Waals surface area (Å²) < 4.78 is 0. The van der Waals surface area contributed by atoms with E-state index in [0.29, 0.717) is 11.6 Å². The van der Waals surface area contributed by atoms with Gasteiger partial charge in [-0.15, -0.1) is 0 Å². The molecule has 1 heterocycles. The minimum absolute atomic E-state index is 0.0499. The summed E-state index contributed by atoms with van der Waals surface area (Å²) in [5, 5.41) is 10.3. The molecular formula is C15H18N2OS. The van der Waals surface area contributed by atoms with Gasteiger partial charge in [0, 0.05) is 25.2 Å². The van der Waals surface area contributed by atoms with Crippen molar-refractivity contribution in [2.75, 3.05) is 7.05 Å². The van der Waals surface area contributed by atoms with Crippen LogP contribution in [0.25, 0.3) is 0 Å². The second-order valence-electron chi connectivity index (χ2n) is 4.44. The lowest BCUT2D eigenvalue weighted by Gasteiger charge is -2.12. The first kappa shape index (κ1) is 13.8. The van der Waals surface area contributed by atoms with Gasteiger partial charge in [-0.2, -0.15) is 11.3 Å².